The smallest absolute Gasteiger partial charge is 0.222 e. The Morgan fingerprint density at radius 3 is 2.65 bits per heavy atom. The third-order valence-corrected chi connectivity index (χ3v) is 3.77. The number of amides is 1. The van der Waals surface area contributed by atoms with Gasteiger partial charge in [-0.1, -0.05) is 6.07 Å². The van der Waals surface area contributed by atoms with Gasteiger partial charge in [-0.05, 0) is 37.6 Å². The molecule has 0 bridgehead atoms. The van der Waals surface area contributed by atoms with Crippen molar-refractivity contribution >= 4 is 11.6 Å². The van der Waals surface area contributed by atoms with Gasteiger partial charge in [0, 0.05) is 38.3 Å². The van der Waals surface area contributed by atoms with Gasteiger partial charge in [-0.3, -0.25) is 4.79 Å². The fourth-order valence-electron chi connectivity index (χ4n) is 2.41. The Hall–Kier alpha value is -1.62. The summed E-state index contributed by atoms with van der Waals surface area (Å²) in [4.78, 5) is 16.1. The maximum absolute atomic E-state index is 13.6. The van der Waals surface area contributed by atoms with Crippen molar-refractivity contribution < 1.29 is 9.18 Å². The van der Waals surface area contributed by atoms with Gasteiger partial charge in [-0.25, -0.2) is 4.39 Å². The van der Waals surface area contributed by atoms with E-state index in [9.17, 15) is 9.18 Å². The van der Waals surface area contributed by atoms with Gasteiger partial charge in [0.05, 0.1) is 0 Å². The molecule has 0 radical (unpaired) electrons. The van der Waals surface area contributed by atoms with Crippen LogP contribution in [0.2, 0.25) is 0 Å². The number of carbonyl (C=O) groups is 1. The van der Waals surface area contributed by atoms with Crippen molar-refractivity contribution in [3.8, 4) is 0 Å². The standard InChI is InChI=1S/C15H22FN3O/c1-18-7-9-19(10-8-18)15(20)4-2-3-12-5-6-13(17)11-14(12)16/h5-6,11H,2-4,7-10,17H2,1H3. The molecule has 5 heteroatoms. The molecule has 1 aliphatic rings. The molecule has 0 atom stereocenters. The number of nitrogen functional groups attached to an aromatic ring is 1. The summed E-state index contributed by atoms with van der Waals surface area (Å²) in [5.74, 6) is -0.106. The summed E-state index contributed by atoms with van der Waals surface area (Å²) in [6, 6.07) is 4.73. The summed E-state index contributed by atoms with van der Waals surface area (Å²) in [5.41, 5.74) is 6.57. The number of benzene rings is 1. The predicted molar refractivity (Wildman–Crippen MR) is 77.8 cm³/mol. The summed E-state index contributed by atoms with van der Waals surface area (Å²) in [5, 5.41) is 0. The summed E-state index contributed by atoms with van der Waals surface area (Å²) < 4.78 is 13.6. The van der Waals surface area contributed by atoms with E-state index in [4.69, 9.17) is 5.73 Å². The lowest BCUT2D eigenvalue weighted by Crippen LogP contribution is -2.47. The van der Waals surface area contributed by atoms with E-state index in [1.54, 1.807) is 12.1 Å². The van der Waals surface area contributed by atoms with Gasteiger partial charge < -0.3 is 15.5 Å². The van der Waals surface area contributed by atoms with Crippen molar-refractivity contribution in [2.75, 3.05) is 39.0 Å². The van der Waals surface area contributed by atoms with Gasteiger partial charge in [0.15, 0.2) is 0 Å². The van der Waals surface area contributed by atoms with Crippen molar-refractivity contribution in [2.45, 2.75) is 19.3 Å². The van der Waals surface area contributed by atoms with E-state index in [0.717, 1.165) is 26.2 Å². The summed E-state index contributed by atoms with van der Waals surface area (Å²) in [6.45, 7) is 3.45. The third-order valence-electron chi connectivity index (χ3n) is 3.77. The second-order valence-electron chi connectivity index (χ2n) is 5.39. The molecule has 1 amide bonds. The Morgan fingerprint density at radius 2 is 2.00 bits per heavy atom. The average Bonchev–Trinajstić information content (AvgIpc) is 2.42. The first-order valence-corrected chi connectivity index (χ1v) is 7.06. The van der Waals surface area contributed by atoms with Crippen molar-refractivity contribution in [2.24, 2.45) is 0 Å². The highest BCUT2D eigenvalue weighted by atomic mass is 19.1. The molecule has 20 heavy (non-hydrogen) atoms. The van der Waals surface area contributed by atoms with E-state index in [0.29, 0.717) is 30.5 Å². The van der Waals surface area contributed by atoms with E-state index in [1.807, 2.05) is 4.90 Å². The number of hydrogen-bond donors (Lipinski definition) is 1. The van der Waals surface area contributed by atoms with Gasteiger partial charge in [-0.15, -0.1) is 0 Å². The van der Waals surface area contributed by atoms with Crippen LogP contribution in [0.1, 0.15) is 18.4 Å². The molecule has 2 rings (SSSR count). The molecule has 1 heterocycles. The normalized spacial score (nSPS) is 16.4. The molecule has 2 N–H and O–H groups in total. The van der Waals surface area contributed by atoms with Crippen LogP contribution in [0, 0.1) is 5.82 Å². The van der Waals surface area contributed by atoms with Gasteiger partial charge >= 0.3 is 0 Å². The molecule has 1 aliphatic heterocycles. The Morgan fingerprint density at radius 1 is 1.30 bits per heavy atom. The largest absolute Gasteiger partial charge is 0.399 e. The number of likely N-dealkylation sites (N-methyl/N-ethyl adjacent to an activating group) is 1. The summed E-state index contributed by atoms with van der Waals surface area (Å²) in [6.07, 6.45) is 1.73. The van der Waals surface area contributed by atoms with Crippen molar-refractivity contribution in [3.05, 3.63) is 29.6 Å². The predicted octanol–water partition coefficient (Wildman–Crippen LogP) is 1.50. The highest BCUT2D eigenvalue weighted by Gasteiger charge is 2.18. The molecule has 1 aromatic rings. The second kappa shape index (κ2) is 6.70. The fourth-order valence-corrected chi connectivity index (χ4v) is 2.41. The van der Waals surface area contributed by atoms with Crippen LogP contribution in [0.5, 0.6) is 0 Å². The van der Waals surface area contributed by atoms with Gasteiger partial charge in [-0.2, -0.15) is 0 Å². The van der Waals surface area contributed by atoms with Crippen LogP contribution in [-0.4, -0.2) is 48.9 Å². The van der Waals surface area contributed by atoms with Gasteiger partial charge in [0.2, 0.25) is 5.91 Å². The Kier molecular flexibility index (Phi) is 4.95. The molecule has 0 aromatic heterocycles. The maximum Gasteiger partial charge on any atom is 0.222 e. The van der Waals surface area contributed by atoms with Crippen LogP contribution < -0.4 is 5.73 Å². The molecule has 0 aliphatic carbocycles. The number of aryl methyl sites for hydroxylation is 1. The number of halogens is 1. The highest BCUT2D eigenvalue weighted by Crippen LogP contribution is 2.15. The maximum atomic E-state index is 13.6. The highest BCUT2D eigenvalue weighted by molar-refractivity contribution is 5.76. The Bertz CT molecular complexity index is 470. The van der Waals surface area contributed by atoms with Crippen LogP contribution in [0.4, 0.5) is 10.1 Å². The number of nitrogens with zero attached hydrogens (tertiary/aromatic N) is 2. The van der Waals surface area contributed by atoms with E-state index in [1.165, 1.54) is 6.07 Å². The SMILES string of the molecule is CN1CCN(C(=O)CCCc2ccc(N)cc2F)CC1. The van der Waals surface area contributed by atoms with Crippen LogP contribution in [0.25, 0.3) is 0 Å². The third kappa shape index (κ3) is 3.93. The fraction of sp³-hybridized carbons (Fsp3) is 0.533. The zero-order valence-electron chi connectivity index (χ0n) is 11.9. The van der Waals surface area contributed by atoms with E-state index >= 15 is 0 Å². The Balaban J connectivity index is 1.76. The quantitative estimate of drug-likeness (QED) is 0.850. The second-order valence-corrected chi connectivity index (χ2v) is 5.39. The van der Waals surface area contributed by atoms with Gasteiger partial charge in [0.1, 0.15) is 5.82 Å². The van der Waals surface area contributed by atoms with Crippen molar-refractivity contribution in [1.29, 1.82) is 0 Å². The van der Waals surface area contributed by atoms with Gasteiger partial charge in [0.25, 0.3) is 0 Å². The molecule has 0 saturated carbocycles. The van der Waals surface area contributed by atoms with Crippen molar-refractivity contribution in [3.63, 3.8) is 0 Å². The van der Waals surface area contributed by atoms with Crippen LogP contribution >= 0.6 is 0 Å². The molecule has 1 aromatic carbocycles. The average molecular weight is 279 g/mol. The summed E-state index contributed by atoms with van der Waals surface area (Å²) >= 11 is 0. The zero-order chi connectivity index (χ0) is 14.5. The minimum absolute atomic E-state index is 0.175. The van der Waals surface area contributed by atoms with Crippen molar-refractivity contribution in [1.82, 2.24) is 9.80 Å². The number of carbonyl (C=O) groups excluding carboxylic acids is 1. The lowest BCUT2D eigenvalue weighted by molar-refractivity contribution is -0.132. The number of anilines is 1. The first kappa shape index (κ1) is 14.8. The first-order chi connectivity index (χ1) is 9.56. The molecular weight excluding hydrogens is 257 g/mol. The minimum Gasteiger partial charge on any atom is -0.399 e. The number of piperazine rings is 1. The van der Waals surface area contributed by atoms with E-state index in [-0.39, 0.29) is 11.7 Å². The van der Waals surface area contributed by atoms with E-state index < -0.39 is 0 Å². The monoisotopic (exact) mass is 279 g/mol. The lowest BCUT2D eigenvalue weighted by Gasteiger charge is -2.32. The number of rotatable bonds is 4. The van der Waals surface area contributed by atoms with Crippen LogP contribution in [0.15, 0.2) is 18.2 Å². The molecule has 1 saturated heterocycles. The van der Waals surface area contributed by atoms with Crippen LogP contribution in [0.3, 0.4) is 0 Å². The first-order valence-electron chi connectivity index (χ1n) is 7.06. The molecule has 0 unspecified atom stereocenters. The molecule has 4 nitrogen and oxygen atoms in total. The molecule has 0 spiro atoms. The number of hydrogen-bond acceptors (Lipinski definition) is 3. The molecule has 1 fully saturated rings. The van der Waals surface area contributed by atoms with Crippen LogP contribution in [-0.2, 0) is 11.2 Å². The molecular formula is C15H22FN3O. The molecule has 110 valence electrons. The minimum atomic E-state index is -0.281. The zero-order valence-corrected chi connectivity index (χ0v) is 11.9. The Labute approximate surface area is 119 Å². The topological polar surface area (TPSA) is 49.6 Å². The number of nitrogens with two attached hydrogens (primary N) is 1. The summed E-state index contributed by atoms with van der Waals surface area (Å²) in [7, 11) is 2.06. The van der Waals surface area contributed by atoms with E-state index in [2.05, 4.69) is 11.9 Å². The lowest BCUT2D eigenvalue weighted by atomic mass is 10.1.